The third-order valence-electron chi connectivity index (χ3n) is 4.27. The van der Waals surface area contributed by atoms with Gasteiger partial charge in [-0.15, -0.1) is 0 Å². The van der Waals surface area contributed by atoms with Crippen LogP contribution in [0.5, 0.6) is 0 Å². The Labute approximate surface area is 179 Å². The van der Waals surface area contributed by atoms with Gasteiger partial charge < -0.3 is 10.1 Å². The van der Waals surface area contributed by atoms with Crippen molar-refractivity contribution in [1.29, 1.82) is 0 Å². The molecule has 0 aliphatic carbocycles. The molecule has 0 aliphatic heterocycles. The summed E-state index contributed by atoms with van der Waals surface area (Å²) in [5, 5.41) is 7.00. The Hall–Kier alpha value is -3.40. The molecular weight excluding hydrogens is 437 g/mol. The van der Waals surface area contributed by atoms with E-state index in [-0.39, 0.29) is 11.4 Å². The van der Waals surface area contributed by atoms with Gasteiger partial charge in [-0.25, -0.2) is 14.5 Å². The lowest BCUT2D eigenvalue weighted by Gasteiger charge is -2.13. The maximum absolute atomic E-state index is 12.7. The van der Waals surface area contributed by atoms with E-state index in [1.165, 1.54) is 24.7 Å². The number of nitrogens with zero attached hydrogens (tertiary/aromatic N) is 3. The number of carbonyl (C=O) groups excluding carboxylic acids is 2. The number of esters is 1. The van der Waals surface area contributed by atoms with Gasteiger partial charge in [-0.3, -0.25) is 4.79 Å². The van der Waals surface area contributed by atoms with Crippen molar-refractivity contribution in [2.45, 2.75) is 26.1 Å². The molecular formula is C20H16ClF3N4O3. The molecule has 0 radical (unpaired) electrons. The summed E-state index contributed by atoms with van der Waals surface area (Å²) >= 11 is 5.87. The molecule has 0 spiro atoms. The summed E-state index contributed by atoms with van der Waals surface area (Å²) in [6.45, 7) is 2.93. The van der Waals surface area contributed by atoms with Gasteiger partial charge in [-0.2, -0.15) is 18.3 Å². The van der Waals surface area contributed by atoms with E-state index in [0.29, 0.717) is 22.6 Å². The number of halogens is 4. The molecule has 162 valence electrons. The monoisotopic (exact) mass is 452 g/mol. The number of hydrogen-bond acceptors (Lipinski definition) is 5. The molecule has 0 fully saturated rings. The number of amides is 1. The van der Waals surface area contributed by atoms with E-state index in [0.717, 1.165) is 12.1 Å². The van der Waals surface area contributed by atoms with Gasteiger partial charge in [0.2, 0.25) is 0 Å². The second kappa shape index (κ2) is 8.76. The smallest absolute Gasteiger partial charge is 0.417 e. The highest BCUT2D eigenvalue weighted by atomic mass is 35.5. The molecule has 1 unspecified atom stereocenters. The molecule has 2 aromatic heterocycles. The van der Waals surface area contributed by atoms with Crippen LogP contribution in [0.25, 0.3) is 5.82 Å². The Morgan fingerprint density at radius 1 is 1.19 bits per heavy atom. The highest BCUT2D eigenvalue weighted by Crippen LogP contribution is 2.29. The number of alkyl halides is 3. The van der Waals surface area contributed by atoms with Gasteiger partial charge in [0.05, 0.1) is 17.5 Å². The van der Waals surface area contributed by atoms with Gasteiger partial charge in [0.25, 0.3) is 5.91 Å². The van der Waals surface area contributed by atoms with Crippen LogP contribution in [0.15, 0.2) is 48.8 Å². The number of hydrogen-bond donors (Lipinski definition) is 1. The third-order valence-corrected chi connectivity index (χ3v) is 4.50. The zero-order valence-corrected chi connectivity index (χ0v) is 17.0. The number of carbonyl (C=O) groups is 2. The largest absolute Gasteiger partial charge is 0.449 e. The molecule has 0 bridgehead atoms. The van der Waals surface area contributed by atoms with E-state index in [1.807, 2.05) is 0 Å². The SMILES string of the molecule is Cc1c(C(=O)OC(C)C(=O)Nc2cccc(Cl)c2)cnn1-c1ccc(C(F)(F)F)cn1. The summed E-state index contributed by atoms with van der Waals surface area (Å²) in [6, 6.07) is 8.47. The van der Waals surface area contributed by atoms with Gasteiger partial charge in [0.15, 0.2) is 11.9 Å². The van der Waals surface area contributed by atoms with Crippen LogP contribution < -0.4 is 5.32 Å². The van der Waals surface area contributed by atoms with Crippen LogP contribution in [-0.2, 0) is 15.7 Å². The first-order valence-corrected chi connectivity index (χ1v) is 9.29. The number of rotatable bonds is 5. The number of nitrogens with one attached hydrogen (secondary N) is 1. The third kappa shape index (κ3) is 5.21. The van der Waals surface area contributed by atoms with Crippen LogP contribution in [0.4, 0.5) is 18.9 Å². The van der Waals surface area contributed by atoms with Crippen LogP contribution in [-0.4, -0.2) is 32.7 Å². The van der Waals surface area contributed by atoms with Crippen molar-refractivity contribution in [3.05, 3.63) is 70.6 Å². The average molecular weight is 453 g/mol. The van der Waals surface area contributed by atoms with Crippen LogP contribution in [0.2, 0.25) is 5.02 Å². The number of benzene rings is 1. The predicted molar refractivity (Wildman–Crippen MR) is 106 cm³/mol. The van der Waals surface area contributed by atoms with E-state index in [4.69, 9.17) is 16.3 Å². The molecule has 2 heterocycles. The van der Waals surface area contributed by atoms with Gasteiger partial charge in [0, 0.05) is 16.9 Å². The predicted octanol–water partition coefficient (Wildman–Crippen LogP) is 4.43. The summed E-state index contributed by atoms with van der Waals surface area (Å²) in [7, 11) is 0. The molecule has 1 amide bonds. The van der Waals surface area contributed by atoms with Crippen LogP contribution in [0.1, 0.15) is 28.5 Å². The lowest BCUT2D eigenvalue weighted by atomic mass is 10.2. The lowest BCUT2D eigenvalue weighted by molar-refractivity contribution is -0.137. The fourth-order valence-electron chi connectivity index (χ4n) is 2.61. The van der Waals surface area contributed by atoms with E-state index in [9.17, 15) is 22.8 Å². The van der Waals surface area contributed by atoms with Gasteiger partial charge in [-0.1, -0.05) is 17.7 Å². The maximum Gasteiger partial charge on any atom is 0.417 e. The van der Waals surface area contributed by atoms with Gasteiger partial charge in [-0.05, 0) is 44.2 Å². The zero-order chi connectivity index (χ0) is 22.8. The highest BCUT2D eigenvalue weighted by molar-refractivity contribution is 6.30. The number of pyridine rings is 1. The normalized spacial score (nSPS) is 12.3. The minimum Gasteiger partial charge on any atom is -0.449 e. The first kappa shape index (κ1) is 22.3. The van der Waals surface area contributed by atoms with Crippen molar-refractivity contribution in [3.8, 4) is 5.82 Å². The first-order valence-electron chi connectivity index (χ1n) is 8.92. The molecule has 11 heteroatoms. The molecule has 0 aliphatic rings. The van der Waals surface area contributed by atoms with Crippen molar-refractivity contribution in [1.82, 2.24) is 14.8 Å². The van der Waals surface area contributed by atoms with Crippen molar-refractivity contribution >= 4 is 29.2 Å². The fourth-order valence-corrected chi connectivity index (χ4v) is 2.80. The van der Waals surface area contributed by atoms with Crippen molar-refractivity contribution < 1.29 is 27.5 Å². The van der Waals surface area contributed by atoms with E-state index >= 15 is 0 Å². The maximum atomic E-state index is 12.7. The van der Waals surface area contributed by atoms with Crippen LogP contribution >= 0.6 is 11.6 Å². The van der Waals surface area contributed by atoms with Crippen molar-refractivity contribution in [3.63, 3.8) is 0 Å². The Kier molecular flexibility index (Phi) is 6.30. The molecule has 31 heavy (non-hydrogen) atoms. The molecule has 0 saturated carbocycles. The van der Waals surface area contributed by atoms with E-state index < -0.39 is 29.7 Å². The second-order valence-electron chi connectivity index (χ2n) is 6.51. The van der Waals surface area contributed by atoms with Crippen molar-refractivity contribution in [2.24, 2.45) is 0 Å². The average Bonchev–Trinajstić information content (AvgIpc) is 3.08. The quantitative estimate of drug-likeness (QED) is 0.579. The molecule has 3 aromatic rings. The second-order valence-corrected chi connectivity index (χ2v) is 6.94. The fraction of sp³-hybridized carbons (Fsp3) is 0.200. The zero-order valence-electron chi connectivity index (χ0n) is 16.3. The van der Waals surface area contributed by atoms with Crippen LogP contribution in [0, 0.1) is 6.92 Å². The molecule has 1 aromatic carbocycles. The standard InChI is InChI=1S/C20H16ClF3N4O3/c1-11-16(10-26-28(11)17-7-6-13(9-25-17)20(22,23)24)19(30)31-12(2)18(29)27-15-5-3-4-14(21)8-15/h3-10,12H,1-2H3,(H,27,29). The number of ether oxygens (including phenoxy) is 1. The lowest BCUT2D eigenvalue weighted by Crippen LogP contribution is -2.30. The first-order chi connectivity index (χ1) is 14.6. The highest BCUT2D eigenvalue weighted by Gasteiger charge is 2.31. The molecule has 1 N–H and O–H groups in total. The van der Waals surface area contributed by atoms with Gasteiger partial charge in [0.1, 0.15) is 5.56 Å². The minimum absolute atomic E-state index is 0.0455. The minimum atomic E-state index is -4.51. The summed E-state index contributed by atoms with van der Waals surface area (Å²) in [6.07, 6.45) is -3.77. The Morgan fingerprint density at radius 3 is 2.55 bits per heavy atom. The summed E-state index contributed by atoms with van der Waals surface area (Å²) in [5.74, 6) is -1.29. The number of anilines is 1. The van der Waals surface area contributed by atoms with Gasteiger partial charge >= 0.3 is 12.1 Å². The van der Waals surface area contributed by atoms with E-state index in [1.54, 1.807) is 24.3 Å². The Balaban J connectivity index is 1.70. The molecule has 1 atom stereocenters. The summed E-state index contributed by atoms with van der Waals surface area (Å²) in [5.41, 5.74) is -0.123. The summed E-state index contributed by atoms with van der Waals surface area (Å²) < 4.78 is 44.5. The molecule has 7 nitrogen and oxygen atoms in total. The van der Waals surface area contributed by atoms with Crippen molar-refractivity contribution in [2.75, 3.05) is 5.32 Å². The Bertz CT molecular complexity index is 1110. The summed E-state index contributed by atoms with van der Waals surface area (Å²) in [4.78, 5) is 28.5. The number of aromatic nitrogens is 3. The Morgan fingerprint density at radius 2 is 1.94 bits per heavy atom. The topological polar surface area (TPSA) is 86.1 Å². The van der Waals surface area contributed by atoms with E-state index in [2.05, 4.69) is 15.4 Å². The molecule has 3 rings (SSSR count). The molecule has 0 saturated heterocycles. The van der Waals surface area contributed by atoms with Crippen LogP contribution in [0.3, 0.4) is 0 Å².